The number of ether oxygens (including phenoxy) is 4. The van der Waals surface area contributed by atoms with Crippen LogP contribution in [0.25, 0.3) is 0 Å². The summed E-state index contributed by atoms with van der Waals surface area (Å²) in [6.45, 7) is 5.20. The quantitative estimate of drug-likeness (QED) is 0.547. The fourth-order valence-corrected chi connectivity index (χ4v) is 4.21. The summed E-state index contributed by atoms with van der Waals surface area (Å²) in [4.78, 5) is 4.42. The van der Waals surface area contributed by atoms with Crippen molar-refractivity contribution in [2.24, 2.45) is 4.99 Å². The SMILES string of the molecule is CN=C(NCc1ccc(C)cc1OC)NCC1(c2ccc3c(c2)OCO3)CCOCC1. The molecule has 2 N–H and O–H groups in total. The lowest BCUT2D eigenvalue weighted by molar-refractivity contribution is 0.0513. The Labute approximate surface area is 183 Å². The van der Waals surface area contributed by atoms with Gasteiger partial charge in [0.15, 0.2) is 17.5 Å². The van der Waals surface area contributed by atoms with Gasteiger partial charge in [-0.25, -0.2) is 0 Å². The van der Waals surface area contributed by atoms with Gasteiger partial charge in [-0.1, -0.05) is 18.2 Å². The first-order valence-electron chi connectivity index (χ1n) is 10.7. The third-order valence-electron chi connectivity index (χ3n) is 6.14. The molecule has 0 spiro atoms. The van der Waals surface area contributed by atoms with E-state index in [4.69, 9.17) is 18.9 Å². The highest BCUT2D eigenvalue weighted by Crippen LogP contribution is 2.40. The fraction of sp³-hybridized carbons (Fsp3) is 0.458. The van der Waals surface area contributed by atoms with Gasteiger partial charge < -0.3 is 29.6 Å². The first-order valence-corrected chi connectivity index (χ1v) is 10.7. The third kappa shape index (κ3) is 4.71. The van der Waals surface area contributed by atoms with Gasteiger partial charge in [-0.05, 0) is 49.1 Å². The molecule has 0 saturated carbocycles. The molecule has 2 aliphatic heterocycles. The number of aliphatic imine (C=N–C) groups is 1. The molecule has 0 bridgehead atoms. The van der Waals surface area contributed by atoms with Crippen LogP contribution in [0.4, 0.5) is 0 Å². The van der Waals surface area contributed by atoms with Gasteiger partial charge in [0, 0.05) is 44.3 Å². The van der Waals surface area contributed by atoms with Crippen LogP contribution in [0.2, 0.25) is 0 Å². The summed E-state index contributed by atoms with van der Waals surface area (Å²) in [5.41, 5.74) is 3.45. The fourth-order valence-electron chi connectivity index (χ4n) is 4.21. The van der Waals surface area contributed by atoms with E-state index in [1.165, 1.54) is 11.1 Å². The van der Waals surface area contributed by atoms with Crippen LogP contribution in [-0.2, 0) is 16.7 Å². The van der Waals surface area contributed by atoms with Crippen molar-refractivity contribution >= 4 is 5.96 Å². The van der Waals surface area contributed by atoms with E-state index >= 15 is 0 Å². The standard InChI is InChI=1S/C24H31N3O4/c1-17-4-5-18(21(12-17)28-3)14-26-23(25-2)27-15-24(8-10-29-11-9-24)19-6-7-20-22(13-19)31-16-30-20/h4-7,12-13H,8-11,14-16H2,1-3H3,(H2,25,26,27). The lowest BCUT2D eigenvalue weighted by Gasteiger charge is -2.38. The number of hydrogen-bond donors (Lipinski definition) is 2. The number of benzene rings is 2. The molecule has 4 rings (SSSR count). The second kappa shape index (κ2) is 9.47. The number of rotatable bonds is 6. The summed E-state index contributed by atoms with van der Waals surface area (Å²) < 4.78 is 22.3. The van der Waals surface area contributed by atoms with Crippen LogP contribution >= 0.6 is 0 Å². The maximum absolute atomic E-state index is 5.67. The van der Waals surface area contributed by atoms with Crippen molar-refractivity contribution < 1.29 is 18.9 Å². The van der Waals surface area contributed by atoms with E-state index in [-0.39, 0.29) is 12.2 Å². The first-order chi connectivity index (χ1) is 15.1. The van der Waals surface area contributed by atoms with Crippen molar-refractivity contribution in [3.63, 3.8) is 0 Å². The monoisotopic (exact) mass is 425 g/mol. The first kappa shape index (κ1) is 21.3. The van der Waals surface area contributed by atoms with E-state index in [0.717, 1.165) is 61.4 Å². The van der Waals surface area contributed by atoms with E-state index in [1.807, 2.05) is 12.1 Å². The minimum atomic E-state index is -0.0571. The van der Waals surface area contributed by atoms with Gasteiger partial charge in [-0.15, -0.1) is 0 Å². The average Bonchev–Trinajstić information content (AvgIpc) is 3.28. The maximum atomic E-state index is 5.67. The molecule has 0 aromatic heterocycles. The Morgan fingerprint density at radius 1 is 1.06 bits per heavy atom. The van der Waals surface area contributed by atoms with Crippen LogP contribution in [0.1, 0.15) is 29.5 Å². The molecule has 166 valence electrons. The summed E-state index contributed by atoms with van der Waals surface area (Å²) in [6, 6.07) is 12.5. The summed E-state index contributed by atoms with van der Waals surface area (Å²) in [7, 11) is 3.49. The zero-order valence-electron chi connectivity index (χ0n) is 18.5. The molecule has 0 unspecified atom stereocenters. The van der Waals surface area contributed by atoms with Crippen LogP contribution in [0, 0.1) is 6.92 Å². The molecule has 0 aliphatic carbocycles. The highest BCUT2D eigenvalue weighted by atomic mass is 16.7. The average molecular weight is 426 g/mol. The molecule has 7 heteroatoms. The van der Waals surface area contributed by atoms with E-state index in [0.29, 0.717) is 6.54 Å². The van der Waals surface area contributed by atoms with Crippen LogP contribution in [-0.4, -0.2) is 46.7 Å². The molecule has 1 saturated heterocycles. The predicted octanol–water partition coefficient (Wildman–Crippen LogP) is 3.15. The Kier molecular flexibility index (Phi) is 6.51. The van der Waals surface area contributed by atoms with E-state index in [1.54, 1.807) is 14.2 Å². The molecular weight excluding hydrogens is 394 g/mol. The van der Waals surface area contributed by atoms with Crippen LogP contribution in [0.15, 0.2) is 41.4 Å². The number of methoxy groups -OCH3 is 1. The van der Waals surface area contributed by atoms with Crippen molar-refractivity contribution in [2.45, 2.75) is 31.7 Å². The van der Waals surface area contributed by atoms with Gasteiger partial charge in [0.05, 0.1) is 7.11 Å². The number of aryl methyl sites for hydroxylation is 1. The second-order valence-electron chi connectivity index (χ2n) is 8.06. The number of nitrogens with zero attached hydrogens (tertiary/aromatic N) is 1. The van der Waals surface area contributed by atoms with Gasteiger partial charge in [-0.2, -0.15) is 0 Å². The normalized spacial score (nSPS) is 17.3. The van der Waals surface area contributed by atoms with Crippen LogP contribution in [0.5, 0.6) is 17.2 Å². The van der Waals surface area contributed by atoms with Gasteiger partial charge >= 0.3 is 0 Å². The van der Waals surface area contributed by atoms with Crippen molar-refractivity contribution in [2.75, 3.05) is 40.7 Å². The maximum Gasteiger partial charge on any atom is 0.231 e. The van der Waals surface area contributed by atoms with Crippen molar-refractivity contribution in [1.82, 2.24) is 10.6 Å². The topological polar surface area (TPSA) is 73.3 Å². The van der Waals surface area contributed by atoms with E-state index in [2.05, 4.69) is 46.8 Å². The molecular formula is C24H31N3O4. The predicted molar refractivity (Wildman–Crippen MR) is 120 cm³/mol. The highest BCUT2D eigenvalue weighted by molar-refractivity contribution is 5.79. The summed E-state index contributed by atoms with van der Waals surface area (Å²) in [6.07, 6.45) is 1.87. The molecule has 0 radical (unpaired) electrons. The zero-order valence-corrected chi connectivity index (χ0v) is 18.5. The number of guanidine groups is 1. The van der Waals surface area contributed by atoms with Crippen LogP contribution < -0.4 is 24.8 Å². The molecule has 2 aromatic rings. The molecule has 2 aliphatic rings. The van der Waals surface area contributed by atoms with Gasteiger partial charge in [0.2, 0.25) is 6.79 Å². The Morgan fingerprint density at radius 3 is 2.65 bits per heavy atom. The molecule has 0 amide bonds. The zero-order chi connectivity index (χ0) is 21.7. The minimum absolute atomic E-state index is 0.0571. The van der Waals surface area contributed by atoms with Crippen molar-refractivity contribution in [3.05, 3.63) is 53.1 Å². The Morgan fingerprint density at radius 2 is 1.87 bits per heavy atom. The molecule has 2 aromatic carbocycles. The second-order valence-corrected chi connectivity index (χ2v) is 8.06. The minimum Gasteiger partial charge on any atom is -0.496 e. The number of fused-ring (bicyclic) bond motifs is 1. The number of hydrogen-bond acceptors (Lipinski definition) is 5. The Hall–Kier alpha value is -2.93. The molecule has 0 atom stereocenters. The van der Waals surface area contributed by atoms with E-state index in [9.17, 15) is 0 Å². The largest absolute Gasteiger partial charge is 0.496 e. The highest BCUT2D eigenvalue weighted by Gasteiger charge is 2.35. The van der Waals surface area contributed by atoms with Gasteiger partial charge in [0.25, 0.3) is 0 Å². The van der Waals surface area contributed by atoms with Crippen molar-refractivity contribution in [3.8, 4) is 17.2 Å². The molecule has 1 fully saturated rings. The molecule has 7 nitrogen and oxygen atoms in total. The Balaban J connectivity index is 1.45. The van der Waals surface area contributed by atoms with Gasteiger partial charge in [-0.3, -0.25) is 4.99 Å². The summed E-state index contributed by atoms with van der Waals surface area (Å²) in [5, 5.41) is 6.95. The van der Waals surface area contributed by atoms with Crippen molar-refractivity contribution in [1.29, 1.82) is 0 Å². The summed E-state index contributed by atoms with van der Waals surface area (Å²) >= 11 is 0. The smallest absolute Gasteiger partial charge is 0.231 e. The van der Waals surface area contributed by atoms with E-state index < -0.39 is 0 Å². The summed E-state index contributed by atoms with van der Waals surface area (Å²) in [5.74, 6) is 3.26. The molecule has 2 heterocycles. The molecule has 31 heavy (non-hydrogen) atoms. The Bertz CT molecular complexity index is 938. The van der Waals surface area contributed by atoms with Crippen LogP contribution in [0.3, 0.4) is 0 Å². The lowest BCUT2D eigenvalue weighted by Crippen LogP contribution is -2.47. The van der Waals surface area contributed by atoms with Gasteiger partial charge in [0.1, 0.15) is 5.75 Å². The third-order valence-corrected chi connectivity index (χ3v) is 6.14. The number of nitrogens with one attached hydrogen (secondary N) is 2. The lowest BCUT2D eigenvalue weighted by atomic mass is 9.74.